The van der Waals surface area contributed by atoms with E-state index in [0.717, 1.165) is 18.9 Å². The summed E-state index contributed by atoms with van der Waals surface area (Å²) < 4.78 is 0. The third kappa shape index (κ3) is 11.6. The Balaban J connectivity index is 0.000000441. The molecule has 1 aromatic carbocycles. The van der Waals surface area contributed by atoms with Gasteiger partial charge >= 0.3 is 11.9 Å². The molecule has 0 atom stereocenters. The predicted octanol–water partition coefficient (Wildman–Crippen LogP) is 3.52. The number of benzene rings is 1. The van der Waals surface area contributed by atoms with Gasteiger partial charge in [-0.3, -0.25) is 0 Å². The SMILES string of the molecule is CCCCCCCCCC(O)O.O=C(O)c1cccc(C(=O)O)c1. The van der Waals surface area contributed by atoms with E-state index in [2.05, 4.69) is 6.92 Å². The van der Waals surface area contributed by atoms with Gasteiger partial charge in [-0.1, -0.05) is 51.5 Å². The molecule has 0 saturated carbocycles. The summed E-state index contributed by atoms with van der Waals surface area (Å²) >= 11 is 0. The maximum Gasteiger partial charge on any atom is 0.335 e. The maximum absolute atomic E-state index is 10.4. The van der Waals surface area contributed by atoms with Crippen LogP contribution in [0.25, 0.3) is 0 Å². The van der Waals surface area contributed by atoms with Crippen molar-refractivity contribution in [3.05, 3.63) is 35.4 Å². The number of unbranched alkanes of at least 4 members (excludes halogenated alkanes) is 6. The van der Waals surface area contributed by atoms with E-state index in [1.165, 1.54) is 50.3 Å². The summed E-state index contributed by atoms with van der Waals surface area (Å²) in [5, 5.41) is 34.1. The predicted molar refractivity (Wildman–Crippen MR) is 91.2 cm³/mol. The first-order chi connectivity index (χ1) is 11.4. The minimum atomic E-state index is -1.13. The third-order valence-corrected chi connectivity index (χ3v) is 3.42. The van der Waals surface area contributed by atoms with Crippen LogP contribution < -0.4 is 0 Å². The monoisotopic (exact) mass is 340 g/mol. The van der Waals surface area contributed by atoms with Crippen LogP contribution in [0.4, 0.5) is 0 Å². The molecule has 0 unspecified atom stereocenters. The highest BCUT2D eigenvalue weighted by Crippen LogP contribution is 2.08. The third-order valence-electron chi connectivity index (χ3n) is 3.42. The van der Waals surface area contributed by atoms with Crippen LogP contribution in [0, 0.1) is 0 Å². The van der Waals surface area contributed by atoms with Crippen LogP contribution in [0.15, 0.2) is 24.3 Å². The van der Waals surface area contributed by atoms with Gasteiger partial charge < -0.3 is 20.4 Å². The molecule has 0 aliphatic heterocycles. The number of aliphatic hydroxyl groups excluding tert-OH is 1. The van der Waals surface area contributed by atoms with Crippen molar-refractivity contribution in [2.75, 3.05) is 0 Å². The van der Waals surface area contributed by atoms with Gasteiger partial charge in [0.05, 0.1) is 11.1 Å². The molecule has 0 spiro atoms. The Morgan fingerprint density at radius 2 is 1.33 bits per heavy atom. The number of aromatic carboxylic acids is 2. The van der Waals surface area contributed by atoms with Crippen molar-refractivity contribution in [2.24, 2.45) is 0 Å². The summed E-state index contributed by atoms with van der Waals surface area (Å²) in [5.74, 6) is -2.25. The van der Waals surface area contributed by atoms with Crippen molar-refractivity contribution < 1.29 is 30.0 Å². The van der Waals surface area contributed by atoms with Crippen molar-refractivity contribution in [3.63, 3.8) is 0 Å². The van der Waals surface area contributed by atoms with Gasteiger partial charge in [-0.15, -0.1) is 0 Å². The highest BCUT2D eigenvalue weighted by atomic mass is 16.5. The lowest BCUT2D eigenvalue weighted by atomic mass is 10.1. The summed E-state index contributed by atoms with van der Waals surface area (Å²) in [7, 11) is 0. The summed E-state index contributed by atoms with van der Waals surface area (Å²) in [5.41, 5.74) is -0.0372. The zero-order valence-electron chi connectivity index (χ0n) is 14.1. The summed E-state index contributed by atoms with van der Waals surface area (Å²) in [4.78, 5) is 20.8. The molecule has 0 aliphatic carbocycles. The van der Waals surface area contributed by atoms with E-state index < -0.39 is 18.2 Å². The Bertz CT molecular complexity index is 455. The maximum atomic E-state index is 10.4. The number of carbonyl (C=O) groups is 2. The fraction of sp³-hybridized carbons (Fsp3) is 0.556. The van der Waals surface area contributed by atoms with Crippen LogP contribution in [0.3, 0.4) is 0 Å². The van der Waals surface area contributed by atoms with E-state index in [1.807, 2.05) is 0 Å². The number of hydrogen-bond donors (Lipinski definition) is 4. The standard InChI is InChI=1S/C10H22O2.C8H6O4/c1-2-3-4-5-6-7-8-9-10(11)12;9-7(10)5-2-1-3-6(4-5)8(11)12/h10-12H,2-9H2,1H3;1-4H,(H,9,10)(H,11,12). The van der Waals surface area contributed by atoms with Gasteiger partial charge in [0.1, 0.15) is 0 Å². The van der Waals surface area contributed by atoms with Crippen molar-refractivity contribution in [3.8, 4) is 0 Å². The average molecular weight is 340 g/mol. The topological polar surface area (TPSA) is 115 Å². The molecule has 136 valence electrons. The van der Waals surface area contributed by atoms with Crippen LogP contribution in [0.5, 0.6) is 0 Å². The van der Waals surface area contributed by atoms with Crippen LogP contribution in [-0.4, -0.2) is 38.7 Å². The molecular weight excluding hydrogens is 312 g/mol. The molecule has 6 heteroatoms. The molecule has 0 aliphatic rings. The van der Waals surface area contributed by atoms with Gasteiger partial charge in [-0.2, -0.15) is 0 Å². The smallest absolute Gasteiger partial charge is 0.335 e. The largest absolute Gasteiger partial charge is 0.478 e. The van der Waals surface area contributed by atoms with Crippen molar-refractivity contribution in [2.45, 2.75) is 64.6 Å². The minimum Gasteiger partial charge on any atom is -0.478 e. The summed E-state index contributed by atoms with van der Waals surface area (Å²) in [6, 6.07) is 5.20. The lowest BCUT2D eigenvalue weighted by molar-refractivity contribution is -0.0466. The van der Waals surface area contributed by atoms with Gasteiger partial charge in [-0.05, 0) is 31.0 Å². The molecule has 0 aromatic heterocycles. The van der Waals surface area contributed by atoms with Crippen molar-refractivity contribution in [1.29, 1.82) is 0 Å². The normalized spacial score (nSPS) is 10.2. The Morgan fingerprint density at radius 1 is 0.875 bits per heavy atom. The number of rotatable bonds is 10. The van der Waals surface area contributed by atoms with E-state index in [4.69, 9.17) is 20.4 Å². The van der Waals surface area contributed by atoms with E-state index in [9.17, 15) is 9.59 Å². The molecule has 0 amide bonds. The fourth-order valence-corrected chi connectivity index (χ4v) is 2.07. The van der Waals surface area contributed by atoms with Gasteiger partial charge in [0.25, 0.3) is 0 Å². The van der Waals surface area contributed by atoms with E-state index in [1.54, 1.807) is 0 Å². The molecule has 0 fully saturated rings. The molecule has 0 saturated heterocycles. The molecule has 1 rings (SSSR count). The Hall–Kier alpha value is -1.92. The first-order valence-electron chi connectivity index (χ1n) is 8.31. The summed E-state index contributed by atoms with van der Waals surface area (Å²) in [6.07, 6.45) is 8.03. The Morgan fingerprint density at radius 3 is 1.75 bits per heavy atom. The quantitative estimate of drug-likeness (QED) is 0.383. The second kappa shape index (κ2) is 13.5. The second-order valence-corrected chi connectivity index (χ2v) is 5.58. The van der Waals surface area contributed by atoms with Gasteiger partial charge in [0, 0.05) is 0 Å². The van der Waals surface area contributed by atoms with E-state index in [-0.39, 0.29) is 11.1 Å². The molecule has 0 radical (unpaired) electrons. The Labute approximate surface area is 142 Å². The zero-order valence-corrected chi connectivity index (χ0v) is 14.1. The molecule has 6 nitrogen and oxygen atoms in total. The molecule has 4 N–H and O–H groups in total. The van der Waals surface area contributed by atoms with Crippen LogP contribution in [0.1, 0.15) is 79.0 Å². The van der Waals surface area contributed by atoms with E-state index >= 15 is 0 Å². The molecule has 0 heterocycles. The number of carboxylic acid groups (broad SMARTS) is 2. The van der Waals surface area contributed by atoms with Crippen LogP contribution in [0.2, 0.25) is 0 Å². The fourth-order valence-electron chi connectivity index (χ4n) is 2.07. The summed E-state index contributed by atoms with van der Waals surface area (Å²) in [6.45, 7) is 2.21. The zero-order chi connectivity index (χ0) is 18.4. The van der Waals surface area contributed by atoms with Crippen molar-refractivity contribution >= 4 is 11.9 Å². The first kappa shape index (κ1) is 22.1. The average Bonchev–Trinajstić information content (AvgIpc) is 2.54. The minimum absolute atomic E-state index is 0.0186. The highest BCUT2D eigenvalue weighted by Gasteiger charge is 2.06. The van der Waals surface area contributed by atoms with E-state index in [0.29, 0.717) is 6.42 Å². The Kier molecular flexibility index (Phi) is 12.4. The second-order valence-electron chi connectivity index (χ2n) is 5.58. The van der Waals surface area contributed by atoms with Crippen molar-refractivity contribution in [1.82, 2.24) is 0 Å². The van der Waals surface area contributed by atoms with Gasteiger partial charge in [0.15, 0.2) is 6.29 Å². The lowest BCUT2D eigenvalue weighted by Gasteiger charge is -2.02. The number of aliphatic hydroxyl groups is 2. The highest BCUT2D eigenvalue weighted by molar-refractivity contribution is 5.93. The first-order valence-corrected chi connectivity index (χ1v) is 8.31. The number of hydrogen-bond acceptors (Lipinski definition) is 4. The van der Waals surface area contributed by atoms with Crippen LogP contribution >= 0.6 is 0 Å². The molecule has 24 heavy (non-hydrogen) atoms. The molecule has 1 aromatic rings. The lowest BCUT2D eigenvalue weighted by Crippen LogP contribution is -2.02. The molecule has 0 bridgehead atoms. The van der Waals surface area contributed by atoms with Gasteiger partial charge in [0.2, 0.25) is 0 Å². The number of carboxylic acids is 2. The van der Waals surface area contributed by atoms with Crippen LogP contribution in [-0.2, 0) is 0 Å². The van der Waals surface area contributed by atoms with Gasteiger partial charge in [-0.25, -0.2) is 9.59 Å². The molecular formula is C18H28O6.